The number of carbonyl (C=O) groups excluding carboxylic acids is 1. The van der Waals surface area contributed by atoms with E-state index in [9.17, 15) is 4.79 Å². The topological polar surface area (TPSA) is 41.5 Å². The van der Waals surface area contributed by atoms with Gasteiger partial charge in [0.1, 0.15) is 0 Å². The van der Waals surface area contributed by atoms with Gasteiger partial charge in [-0.3, -0.25) is 4.79 Å². The van der Waals surface area contributed by atoms with Crippen LogP contribution in [0, 0.1) is 0 Å². The van der Waals surface area contributed by atoms with E-state index in [-0.39, 0.29) is 5.91 Å². The van der Waals surface area contributed by atoms with Crippen molar-refractivity contribution in [2.24, 2.45) is 5.10 Å². The van der Waals surface area contributed by atoms with E-state index in [2.05, 4.69) is 41.7 Å². The van der Waals surface area contributed by atoms with Crippen LogP contribution in [-0.2, 0) is 6.42 Å². The van der Waals surface area contributed by atoms with E-state index in [0.29, 0.717) is 4.88 Å². The number of hydrazone groups is 1. The highest BCUT2D eigenvalue weighted by Gasteiger charge is 2.05. The zero-order chi connectivity index (χ0) is 16.5. The van der Waals surface area contributed by atoms with Crippen LogP contribution >= 0.6 is 11.3 Å². The Hall–Kier alpha value is -1.94. The fraction of sp³-hybridized carbons (Fsp3) is 0.368. The number of hydrogen-bond acceptors (Lipinski definition) is 3. The zero-order valence-corrected chi connectivity index (χ0v) is 14.7. The van der Waals surface area contributed by atoms with Crippen molar-refractivity contribution in [1.29, 1.82) is 0 Å². The van der Waals surface area contributed by atoms with Gasteiger partial charge in [0, 0.05) is 0 Å². The van der Waals surface area contributed by atoms with Gasteiger partial charge in [0.25, 0.3) is 5.91 Å². The molecule has 1 aromatic heterocycles. The van der Waals surface area contributed by atoms with Crippen molar-refractivity contribution in [3.63, 3.8) is 0 Å². The number of aryl methyl sites for hydroxylation is 1. The van der Waals surface area contributed by atoms with Crippen molar-refractivity contribution >= 4 is 23.0 Å². The van der Waals surface area contributed by atoms with E-state index in [4.69, 9.17) is 0 Å². The van der Waals surface area contributed by atoms with Gasteiger partial charge >= 0.3 is 0 Å². The fourth-order valence-corrected chi connectivity index (χ4v) is 2.94. The molecule has 0 aliphatic carbocycles. The molecule has 0 saturated carbocycles. The lowest BCUT2D eigenvalue weighted by Gasteiger charge is -2.05. The smallest absolute Gasteiger partial charge is 0.266 e. The lowest BCUT2D eigenvalue weighted by atomic mass is 10.0. The third-order valence-corrected chi connectivity index (χ3v) is 4.63. The summed E-state index contributed by atoms with van der Waals surface area (Å²) in [6.45, 7) is 4.14. The number of benzene rings is 1. The maximum absolute atomic E-state index is 11.9. The minimum absolute atomic E-state index is 0.160. The van der Waals surface area contributed by atoms with E-state index < -0.39 is 0 Å². The van der Waals surface area contributed by atoms with Crippen LogP contribution in [0.4, 0.5) is 0 Å². The number of thiophene rings is 1. The van der Waals surface area contributed by atoms with Crippen LogP contribution in [0.3, 0.4) is 0 Å². The molecule has 0 saturated heterocycles. The average Bonchev–Trinajstić information content (AvgIpc) is 3.11. The highest BCUT2D eigenvalue weighted by molar-refractivity contribution is 7.12. The molecule has 0 spiro atoms. The monoisotopic (exact) mass is 328 g/mol. The van der Waals surface area contributed by atoms with E-state index in [1.165, 1.54) is 42.6 Å². The maximum Gasteiger partial charge on any atom is 0.281 e. The molecular weight excluding hydrogens is 304 g/mol. The van der Waals surface area contributed by atoms with Crippen LogP contribution in [0.15, 0.2) is 46.9 Å². The maximum atomic E-state index is 11.9. The summed E-state index contributed by atoms with van der Waals surface area (Å²) < 4.78 is 0. The number of carbonyl (C=O) groups is 1. The van der Waals surface area contributed by atoms with E-state index >= 15 is 0 Å². The van der Waals surface area contributed by atoms with Crippen molar-refractivity contribution in [2.75, 3.05) is 0 Å². The first kappa shape index (κ1) is 17.4. The standard InChI is InChI=1S/C19H24N2OS/c1-3-4-5-6-8-16-10-12-17(13-11-16)15(2)20-21-19(22)18-9-7-14-23-18/h7,9-14H,3-6,8H2,1-2H3,(H,21,22)/b20-15-. The predicted molar refractivity (Wildman–Crippen MR) is 98.3 cm³/mol. The zero-order valence-electron chi connectivity index (χ0n) is 13.8. The summed E-state index contributed by atoms with van der Waals surface area (Å²) in [6.07, 6.45) is 6.26. The Kier molecular flexibility index (Phi) is 7.01. The first-order chi connectivity index (χ1) is 11.2. The minimum atomic E-state index is -0.160. The molecule has 122 valence electrons. The average molecular weight is 328 g/mol. The Morgan fingerprint density at radius 3 is 2.57 bits per heavy atom. The van der Waals surface area contributed by atoms with Crippen molar-refractivity contribution in [2.45, 2.75) is 46.0 Å². The van der Waals surface area contributed by atoms with E-state index in [1.807, 2.05) is 18.4 Å². The summed E-state index contributed by atoms with van der Waals surface area (Å²) in [5.41, 5.74) is 5.82. The quantitative estimate of drug-likeness (QED) is 0.412. The van der Waals surface area contributed by atoms with Gasteiger partial charge in [0.05, 0.1) is 10.6 Å². The second-order valence-electron chi connectivity index (χ2n) is 5.62. The number of nitrogens with zero attached hydrogens (tertiary/aromatic N) is 1. The molecular formula is C19H24N2OS. The Morgan fingerprint density at radius 2 is 1.91 bits per heavy atom. The number of amides is 1. The van der Waals surface area contributed by atoms with E-state index in [0.717, 1.165) is 17.7 Å². The first-order valence-corrected chi connectivity index (χ1v) is 9.06. The molecule has 0 aliphatic rings. The summed E-state index contributed by atoms with van der Waals surface area (Å²) >= 11 is 1.41. The Morgan fingerprint density at radius 1 is 1.13 bits per heavy atom. The van der Waals surface area contributed by atoms with Gasteiger partial charge in [-0.15, -0.1) is 11.3 Å². The molecule has 0 unspecified atom stereocenters. The number of nitrogens with one attached hydrogen (secondary N) is 1. The van der Waals surface area contributed by atoms with Crippen LogP contribution in [0.1, 0.15) is 60.3 Å². The van der Waals surface area contributed by atoms with Crippen molar-refractivity contribution in [3.05, 3.63) is 57.8 Å². The first-order valence-electron chi connectivity index (χ1n) is 8.18. The van der Waals surface area contributed by atoms with Gasteiger partial charge in [-0.1, -0.05) is 56.5 Å². The number of unbranched alkanes of at least 4 members (excludes halogenated alkanes) is 3. The van der Waals surface area contributed by atoms with Gasteiger partial charge in [-0.25, -0.2) is 5.43 Å². The van der Waals surface area contributed by atoms with Crippen LogP contribution in [-0.4, -0.2) is 11.6 Å². The molecule has 0 bridgehead atoms. The molecule has 3 nitrogen and oxygen atoms in total. The molecule has 1 amide bonds. The summed E-state index contributed by atoms with van der Waals surface area (Å²) in [5.74, 6) is -0.160. The molecule has 4 heteroatoms. The van der Waals surface area contributed by atoms with Crippen LogP contribution in [0.25, 0.3) is 0 Å². The predicted octanol–water partition coefficient (Wildman–Crippen LogP) is 5.02. The molecule has 1 N–H and O–H groups in total. The molecule has 0 aliphatic heterocycles. The van der Waals surface area contributed by atoms with Crippen molar-refractivity contribution < 1.29 is 4.79 Å². The van der Waals surface area contributed by atoms with Crippen molar-refractivity contribution in [1.82, 2.24) is 5.43 Å². The fourth-order valence-electron chi connectivity index (χ4n) is 2.33. The Labute approximate surface area is 142 Å². The summed E-state index contributed by atoms with van der Waals surface area (Å²) in [4.78, 5) is 12.5. The largest absolute Gasteiger partial charge is 0.281 e. The second-order valence-corrected chi connectivity index (χ2v) is 6.57. The lowest BCUT2D eigenvalue weighted by Crippen LogP contribution is -2.18. The van der Waals surface area contributed by atoms with Crippen molar-refractivity contribution in [3.8, 4) is 0 Å². The SMILES string of the molecule is CCCCCCc1ccc(/C(C)=N\NC(=O)c2cccs2)cc1. The van der Waals surface area contributed by atoms with Gasteiger partial charge in [-0.2, -0.15) is 5.10 Å². The van der Waals surface area contributed by atoms with Gasteiger partial charge in [-0.05, 0) is 42.3 Å². The van der Waals surface area contributed by atoms with Crippen LogP contribution < -0.4 is 5.43 Å². The number of hydrogen-bond donors (Lipinski definition) is 1. The highest BCUT2D eigenvalue weighted by atomic mass is 32.1. The Bertz CT molecular complexity index is 630. The second kappa shape index (κ2) is 9.26. The molecule has 1 heterocycles. The summed E-state index contributed by atoms with van der Waals surface area (Å²) in [5, 5.41) is 6.07. The molecule has 23 heavy (non-hydrogen) atoms. The number of rotatable bonds is 8. The highest BCUT2D eigenvalue weighted by Crippen LogP contribution is 2.11. The third kappa shape index (κ3) is 5.64. The molecule has 0 fully saturated rings. The molecule has 1 aromatic carbocycles. The minimum Gasteiger partial charge on any atom is -0.266 e. The van der Waals surface area contributed by atoms with Gasteiger partial charge in [0.15, 0.2) is 0 Å². The molecule has 0 radical (unpaired) electrons. The van der Waals surface area contributed by atoms with Gasteiger partial charge < -0.3 is 0 Å². The summed E-state index contributed by atoms with van der Waals surface area (Å²) in [6, 6.07) is 12.1. The Balaban J connectivity index is 1.87. The lowest BCUT2D eigenvalue weighted by molar-refractivity contribution is 0.0959. The van der Waals surface area contributed by atoms with Crippen LogP contribution in [0.5, 0.6) is 0 Å². The molecule has 2 aromatic rings. The summed E-state index contributed by atoms with van der Waals surface area (Å²) in [7, 11) is 0. The third-order valence-electron chi connectivity index (χ3n) is 3.76. The van der Waals surface area contributed by atoms with E-state index in [1.54, 1.807) is 6.07 Å². The van der Waals surface area contributed by atoms with Gasteiger partial charge in [0.2, 0.25) is 0 Å². The van der Waals surface area contributed by atoms with Crippen LogP contribution in [0.2, 0.25) is 0 Å². The molecule has 0 atom stereocenters. The molecule has 2 rings (SSSR count). The normalized spacial score (nSPS) is 11.5.